The van der Waals surface area contributed by atoms with Crippen molar-refractivity contribution in [1.82, 2.24) is 9.78 Å². The Kier molecular flexibility index (Phi) is 2.68. The molecule has 0 aliphatic rings. The largest absolute Gasteiger partial charge is 0.296 e. The zero-order valence-electron chi connectivity index (χ0n) is 8.14. The maximum atomic E-state index is 10.9. The molecule has 0 fully saturated rings. The first-order valence-electron chi connectivity index (χ1n) is 4.46. The Hall–Kier alpha value is -1.42. The zero-order chi connectivity index (χ0) is 10.8. The van der Waals surface area contributed by atoms with Gasteiger partial charge in [0.25, 0.3) is 0 Å². The van der Waals surface area contributed by atoms with Gasteiger partial charge in [-0.05, 0) is 11.6 Å². The molecule has 0 saturated heterocycles. The highest BCUT2D eigenvalue weighted by atomic mass is 79.9. The Morgan fingerprint density at radius 2 is 2.07 bits per heavy atom. The number of hydrogen-bond donors (Lipinski definition) is 0. The average molecular weight is 265 g/mol. The molecular weight excluding hydrogens is 256 g/mol. The third-order valence-corrected chi connectivity index (χ3v) is 2.95. The number of carbonyl (C=O) groups is 1. The van der Waals surface area contributed by atoms with Crippen molar-refractivity contribution < 1.29 is 4.79 Å². The lowest BCUT2D eigenvalue weighted by Gasteiger charge is -2.02. The Morgan fingerprint density at radius 3 is 2.73 bits per heavy atom. The number of aromatic nitrogens is 2. The van der Waals surface area contributed by atoms with E-state index in [4.69, 9.17) is 0 Å². The third kappa shape index (κ3) is 1.72. The van der Waals surface area contributed by atoms with Crippen LogP contribution >= 0.6 is 15.9 Å². The molecule has 0 saturated carbocycles. The lowest BCUT2D eigenvalue weighted by Crippen LogP contribution is -1.97. The van der Waals surface area contributed by atoms with Gasteiger partial charge in [-0.15, -0.1) is 0 Å². The lowest BCUT2D eigenvalue weighted by atomic mass is 10.1. The van der Waals surface area contributed by atoms with Crippen molar-refractivity contribution in [1.29, 1.82) is 0 Å². The molecule has 0 atom stereocenters. The molecule has 2 aromatic rings. The SMILES string of the molecule is Cn1ncc(-c2ccccc2Br)c1C=O. The first kappa shape index (κ1) is 10.1. The molecule has 0 amide bonds. The number of hydrogen-bond acceptors (Lipinski definition) is 2. The monoisotopic (exact) mass is 264 g/mol. The second-order valence-electron chi connectivity index (χ2n) is 3.16. The molecular formula is C11H9BrN2O. The quantitative estimate of drug-likeness (QED) is 0.782. The number of carbonyl (C=O) groups excluding carboxylic acids is 1. The molecule has 0 bridgehead atoms. The van der Waals surface area contributed by atoms with E-state index in [2.05, 4.69) is 21.0 Å². The van der Waals surface area contributed by atoms with Crippen LogP contribution < -0.4 is 0 Å². The minimum Gasteiger partial charge on any atom is -0.296 e. The van der Waals surface area contributed by atoms with E-state index in [0.29, 0.717) is 5.69 Å². The van der Waals surface area contributed by atoms with Gasteiger partial charge in [-0.3, -0.25) is 9.48 Å². The van der Waals surface area contributed by atoms with Crippen molar-refractivity contribution in [2.24, 2.45) is 7.05 Å². The molecule has 15 heavy (non-hydrogen) atoms. The summed E-state index contributed by atoms with van der Waals surface area (Å²) in [5, 5.41) is 4.07. The highest BCUT2D eigenvalue weighted by molar-refractivity contribution is 9.10. The molecule has 0 aliphatic carbocycles. The molecule has 1 aromatic carbocycles. The van der Waals surface area contributed by atoms with Gasteiger partial charge in [0.1, 0.15) is 5.69 Å². The molecule has 4 heteroatoms. The van der Waals surface area contributed by atoms with E-state index in [1.54, 1.807) is 17.9 Å². The minimum atomic E-state index is 0.585. The third-order valence-electron chi connectivity index (χ3n) is 2.26. The number of halogens is 1. The maximum Gasteiger partial charge on any atom is 0.168 e. The Labute approximate surface area is 95.9 Å². The molecule has 0 aliphatic heterocycles. The predicted octanol–water partition coefficient (Wildman–Crippen LogP) is 2.66. The van der Waals surface area contributed by atoms with Crippen LogP contribution in [-0.4, -0.2) is 16.1 Å². The summed E-state index contributed by atoms with van der Waals surface area (Å²) >= 11 is 3.45. The smallest absolute Gasteiger partial charge is 0.168 e. The normalized spacial score (nSPS) is 10.3. The number of rotatable bonds is 2. The minimum absolute atomic E-state index is 0.585. The summed E-state index contributed by atoms with van der Waals surface area (Å²) in [6.07, 6.45) is 2.52. The van der Waals surface area contributed by atoms with Crippen LogP contribution in [0.2, 0.25) is 0 Å². The van der Waals surface area contributed by atoms with Crippen LogP contribution in [0.25, 0.3) is 11.1 Å². The summed E-state index contributed by atoms with van der Waals surface area (Å²) in [6.45, 7) is 0. The van der Waals surface area contributed by atoms with Crippen molar-refractivity contribution >= 4 is 22.2 Å². The van der Waals surface area contributed by atoms with Crippen LogP contribution in [0.1, 0.15) is 10.5 Å². The Balaban J connectivity index is 2.64. The highest BCUT2D eigenvalue weighted by Gasteiger charge is 2.11. The van der Waals surface area contributed by atoms with Crippen molar-refractivity contribution in [3.05, 3.63) is 40.6 Å². The summed E-state index contributed by atoms with van der Waals surface area (Å²) in [5.41, 5.74) is 2.41. The van der Waals surface area contributed by atoms with Crippen LogP contribution in [0.15, 0.2) is 34.9 Å². The fraction of sp³-hybridized carbons (Fsp3) is 0.0909. The fourth-order valence-electron chi connectivity index (χ4n) is 1.47. The summed E-state index contributed by atoms with van der Waals surface area (Å²) in [5.74, 6) is 0. The van der Waals surface area contributed by atoms with Gasteiger partial charge in [-0.1, -0.05) is 34.1 Å². The molecule has 0 unspecified atom stereocenters. The zero-order valence-corrected chi connectivity index (χ0v) is 9.73. The first-order chi connectivity index (χ1) is 7.24. The highest BCUT2D eigenvalue weighted by Crippen LogP contribution is 2.29. The van der Waals surface area contributed by atoms with Crippen LogP contribution in [0.5, 0.6) is 0 Å². The van der Waals surface area contributed by atoms with Gasteiger partial charge in [-0.25, -0.2) is 0 Å². The summed E-state index contributed by atoms with van der Waals surface area (Å²) in [7, 11) is 1.75. The van der Waals surface area contributed by atoms with Gasteiger partial charge in [0, 0.05) is 17.1 Å². The van der Waals surface area contributed by atoms with Gasteiger partial charge in [0.15, 0.2) is 6.29 Å². The molecule has 0 spiro atoms. The van der Waals surface area contributed by atoms with Crippen molar-refractivity contribution in [3.8, 4) is 11.1 Å². The lowest BCUT2D eigenvalue weighted by molar-refractivity contribution is 0.111. The van der Waals surface area contributed by atoms with E-state index in [1.807, 2.05) is 24.3 Å². The van der Waals surface area contributed by atoms with Crippen molar-refractivity contribution in [3.63, 3.8) is 0 Å². The Morgan fingerprint density at radius 1 is 1.33 bits per heavy atom. The number of aryl methyl sites for hydroxylation is 1. The van der Waals surface area contributed by atoms with Crippen LogP contribution in [0, 0.1) is 0 Å². The van der Waals surface area contributed by atoms with Crippen LogP contribution in [0.4, 0.5) is 0 Å². The van der Waals surface area contributed by atoms with Crippen molar-refractivity contribution in [2.75, 3.05) is 0 Å². The van der Waals surface area contributed by atoms with Crippen LogP contribution in [-0.2, 0) is 7.05 Å². The molecule has 3 nitrogen and oxygen atoms in total. The van der Waals surface area contributed by atoms with E-state index < -0.39 is 0 Å². The Bertz CT molecular complexity index is 505. The first-order valence-corrected chi connectivity index (χ1v) is 5.25. The summed E-state index contributed by atoms with van der Waals surface area (Å²) in [6, 6.07) is 7.76. The predicted molar refractivity (Wildman–Crippen MR) is 61.7 cm³/mol. The van der Waals surface area contributed by atoms with E-state index in [0.717, 1.165) is 21.9 Å². The molecule has 1 heterocycles. The molecule has 1 aromatic heterocycles. The molecule has 2 rings (SSSR count). The molecule has 0 N–H and O–H groups in total. The van der Waals surface area contributed by atoms with Crippen molar-refractivity contribution in [2.45, 2.75) is 0 Å². The van der Waals surface area contributed by atoms with Gasteiger partial charge in [0.05, 0.1) is 6.20 Å². The van der Waals surface area contributed by atoms with E-state index in [1.165, 1.54) is 0 Å². The molecule has 76 valence electrons. The van der Waals surface area contributed by atoms with E-state index >= 15 is 0 Å². The van der Waals surface area contributed by atoms with Gasteiger partial charge in [0.2, 0.25) is 0 Å². The van der Waals surface area contributed by atoms with E-state index in [9.17, 15) is 4.79 Å². The second kappa shape index (κ2) is 3.98. The number of benzene rings is 1. The van der Waals surface area contributed by atoms with Crippen LogP contribution in [0.3, 0.4) is 0 Å². The summed E-state index contributed by atoms with van der Waals surface area (Å²) in [4.78, 5) is 10.9. The van der Waals surface area contributed by atoms with Gasteiger partial charge in [-0.2, -0.15) is 5.10 Å². The summed E-state index contributed by atoms with van der Waals surface area (Å²) < 4.78 is 2.53. The maximum absolute atomic E-state index is 10.9. The standard InChI is InChI=1S/C11H9BrN2O/c1-14-11(7-15)9(6-13-14)8-4-2-3-5-10(8)12/h2-7H,1H3. The fourth-order valence-corrected chi connectivity index (χ4v) is 1.97. The average Bonchev–Trinajstić information content (AvgIpc) is 2.60. The second-order valence-corrected chi connectivity index (χ2v) is 4.02. The van der Waals surface area contributed by atoms with Gasteiger partial charge < -0.3 is 0 Å². The number of aldehydes is 1. The topological polar surface area (TPSA) is 34.9 Å². The van der Waals surface area contributed by atoms with Gasteiger partial charge >= 0.3 is 0 Å². The molecule has 0 radical (unpaired) electrons. The number of nitrogens with zero attached hydrogens (tertiary/aromatic N) is 2. The van der Waals surface area contributed by atoms with E-state index in [-0.39, 0.29) is 0 Å².